The van der Waals surface area contributed by atoms with Gasteiger partial charge in [0.2, 0.25) is 0 Å². The summed E-state index contributed by atoms with van der Waals surface area (Å²) in [4.78, 5) is 16.4. The van der Waals surface area contributed by atoms with E-state index in [2.05, 4.69) is 15.2 Å². The normalized spacial score (nSPS) is 12.7. The monoisotopic (exact) mass is 521 g/mol. The van der Waals surface area contributed by atoms with Crippen molar-refractivity contribution in [3.8, 4) is 22.8 Å². The highest BCUT2D eigenvalue weighted by Gasteiger charge is 2.37. The average Bonchev–Trinajstić information content (AvgIpc) is 3.39. The van der Waals surface area contributed by atoms with E-state index < -0.39 is 52.2 Å². The molecular weight excluding hydrogens is 504 g/mol. The van der Waals surface area contributed by atoms with Crippen molar-refractivity contribution in [1.82, 2.24) is 19.9 Å². The molecule has 37 heavy (non-hydrogen) atoms. The van der Waals surface area contributed by atoms with Gasteiger partial charge in [-0.05, 0) is 26.0 Å². The van der Waals surface area contributed by atoms with E-state index in [0.717, 1.165) is 47.3 Å². The van der Waals surface area contributed by atoms with Crippen molar-refractivity contribution in [1.29, 1.82) is 0 Å². The van der Waals surface area contributed by atoms with Crippen LogP contribution in [0.3, 0.4) is 0 Å². The van der Waals surface area contributed by atoms with Crippen LogP contribution in [0.2, 0.25) is 0 Å². The number of benzene rings is 2. The topological polar surface area (TPSA) is 99.8 Å². The maximum Gasteiger partial charge on any atom is 0.417 e. The standard InChI is InChI=1S/C24H17F6N5O2/c1-12-19(13(2)37-34-12)16(20(31)36)11-35-22(15-8-4-6-10-18(15)24(28,29)30)32-21(33-35)14-7-3-5-9-17(14)23(25,26)27/h3-11H,1-2H3,(H2,31,36)/b16-11+. The van der Waals surface area contributed by atoms with Gasteiger partial charge in [0.25, 0.3) is 5.91 Å². The van der Waals surface area contributed by atoms with Gasteiger partial charge in [-0.25, -0.2) is 9.67 Å². The van der Waals surface area contributed by atoms with Gasteiger partial charge < -0.3 is 10.3 Å². The summed E-state index contributed by atoms with van der Waals surface area (Å²) in [5, 5.41) is 7.79. The molecule has 2 N–H and O–H groups in total. The van der Waals surface area contributed by atoms with Gasteiger partial charge in [-0.15, -0.1) is 5.10 Å². The van der Waals surface area contributed by atoms with E-state index in [0.29, 0.717) is 0 Å². The molecular formula is C24H17F6N5O2. The first-order chi connectivity index (χ1) is 17.3. The molecule has 0 aliphatic carbocycles. The Bertz CT molecular complexity index is 1500. The second-order valence-electron chi connectivity index (χ2n) is 7.90. The van der Waals surface area contributed by atoms with E-state index in [1.807, 2.05) is 0 Å². The number of hydrogen-bond acceptors (Lipinski definition) is 5. The zero-order valence-electron chi connectivity index (χ0n) is 19.1. The van der Waals surface area contributed by atoms with E-state index in [9.17, 15) is 31.1 Å². The van der Waals surface area contributed by atoms with Crippen LogP contribution in [-0.4, -0.2) is 25.8 Å². The van der Waals surface area contributed by atoms with Crippen LogP contribution in [0.15, 0.2) is 53.1 Å². The Hall–Kier alpha value is -4.42. The van der Waals surface area contributed by atoms with Crippen LogP contribution in [0.4, 0.5) is 26.3 Å². The van der Waals surface area contributed by atoms with Gasteiger partial charge in [-0.1, -0.05) is 41.6 Å². The summed E-state index contributed by atoms with van der Waals surface area (Å²) in [6.07, 6.45) is -8.63. The molecule has 2 heterocycles. The maximum atomic E-state index is 13.8. The molecule has 13 heteroatoms. The Morgan fingerprint density at radius 3 is 1.97 bits per heavy atom. The van der Waals surface area contributed by atoms with Gasteiger partial charge in [0.05, 0.1) is 28.0 Å². The first kappa shape index (κ1) is 25.7. The van der Waals surface area contributed by atoms with Gasteiger partial charge in [0, 0.05) is 17.3 Å². The number of nitrogens with two attached hydrogens (primary N) is 1. The number of rotatable bonds is 5. The number of carbonyl (C=O) groups excluding carboxylic acids is 1. The Morgan fingerprint density at radius 1 is 0.919 bits per heavy atom. The minimum absolute atomic E-state index is 0.162. The maximum absolute atomic E-state index is 13.8. The fourth-order valence-corrected chi connectivity index (χ4v) is 3.80. The third kappa shape index (κ3) is 4.97. The first-order valence-corrected chi connectivity index (χ1v) is 10.5. The highest BCUT2D eigenvalue weighted by atomic mass is 19.4. The number of halogens is 6. The lowest BCUT2D eigenvalue weighted by atomic mass is 10.0. The van der Waals surface area contributed by atoms with Crippen LogP contribution in [-0.2, 0) is 17.1 Å². The molecule has 0 unspecified atom stereocenters. The van der Waals surface area contributed by atoms with Crippen molar-refractivity contribution in [2.75, 3.05) is 0 Å². The van der Waals surface area contributed by atoms with Crippen molar-refractivity contribution in [3.05, 3.63) is 76.7 Å². The largest absolute Gasteiger partial charge is 0.417 e. The summed E-state index contributed by atoms with van der Waals surface area (Å²) in [7, 11) is 0. The first-order valence-electron chi connectivity index (χ1n) is 10.5. The number of amides is 1. The van der Waals surface area contributed by atoms with Crippen LogP contribution in [0.1, 0.15) is 28.1 Å². The summed E-state index contributed by atoms with van der Waals surface area (Å²) in [6, 6.07) is 8.71. The van der Waals surface area contributed by atoms with Crippen molar-refractivity contribution >= 4 is 17.7 Å². The van der Waals surface area contributed by atoms with Crippen LogP contribution in [0.25, 0.3) is 34.5 Å². The highest BCUT2D eigenvalue weighted by molar-refractivity contribution is 6.22. The molecule has 2 aromatic heterocycles. The van der Waals surface area contributed by atoms with Crippen molar-refractivity contribution in [2.45, 2.75) is 26.2 Å². The number of aryl methyl sites for hydroxylation is 2. The summed E-state index contributed by atoms with van der Waals surface area (Å²) >= 11 is 0. The van der Waals surface area contributed by atoms with E-state index in [1.54, 1.807) is 0 Å². The quantitative estimate of drug-likeness (QED) is 0.267. The molecule has 0 saturated heterocycles. The fourth-order valence-electron chi connectivity index (χ4n) is 3.80. The number of carbonyl (C=O) groups is 1. The number of primary amides is 1. The number of hydrogen-bond donors (Lipinski definition) is 1. The molecule has 0 atom stereocenters. The lowest BCUT2D eigenvalue weighted by Crippen LogP contribution is -2.15. The predicted octanol–water partition coefficient (Wildman–Crippen LogP) is 5.74. The molecule has 4 rings (SSSR count). The summed E-state index contributed by atoms with van der Waals surface area (Å²) < 4.78 is 88.3. The van der Waals surface area contributed by atoms with Gasteiger partial charge in [0.1, 0.15) is 5.76 Å². The minimum atomic E-state index is -4.82. The van der Waals surface area contributed by atoms with Gasteiger partial charge in [-0.3, -0.25) is 4.79 Å². The fraction of sp³-hybridized carbons (Fsp3) is 0.167. The highest BCUT2D eigenvalue weighted by Crippen LogP contribution is 2.39. The van der Waals surface area contributed by atoms with Gasteiger partial charge in [-0.2, -0.15) is 26.3 Å². The molecule has 2 aromatic carbocycles. The van der Waals surface area contributed by atoms with Gasteiger partial charge in [0.15, 0.2) is 11.6 Å². The van der Waals surface area contributed by atoms with Crippen molar-refractivity contribution < 1.29 is 35.7 Å². The second-order valence-corrected chi connectivity index (χ2v) is 7.90. The van der Waals surface area contributed by atoms with Crippen LogP contribution < -0.4 is 5.73 Å². The molecule has 0 radical (unpaired) electrons. The van der Waals surface area contributed by atoms with Crippen LogP contribution in [0, 0.1) is 13.8 Å². The minimum Gasteiger partial charge on any atom is -0.366 e. The molecule has 0 saturated carbocycles. The SMILES string of the molecule is Cc1noc(C)c1/C(=C\n1nc(-c2ccccc2C(F)(F)F)nc1-c1ccccc1C(F)(F)F)C(N)=O. The third-order valence-electron chi connectivity index (χ3n) is 5.40. The smallest absolute Gasteiger partial charge is 0.366 e. The van der Waals surface area contributed by atoms with Crippen molar-refractivity contribution in [2.24, 2.45) is 5.73 Å². The van der Waals surface area contributed by atoms with Crippen molar-refractivity contribution in [3.63, 3.8) is 0 Å². The van der Waals surface area contributed by atoms with Crippen LogP contribution in [0.5, 0.6) is 0 Å². The lowest BCUT2D eigenvalue weighted by Gasteiger charge is -2.12. The third-order valence-corrected chi connectivity index (χ3v) is 5.40. The number of alkyl halides is 6. The Balaban J connectivity index is 2.05. The number of nitrogens with zero attached hydrogens (tertiary/aromatic N) is 4. The van der Waals surface area contributed by atoms with E-state index in [4.69, 9.17) is 10.3 Å². The molecule has 7 nitrogen and oxygen atoms in total. The molecule has 0 fully saturated rings. The molecule has 0 aliphatic rings. The number of aromatic nitrogens is 4. The predicted molar refractivity (Wildman–Crippen MR) is 120 cm³/mol. The molecule has 4 aromatic rings. The summed E-state index contributed by atoms with van der Waals surface area (Å²) in [5.41, 5.74) is 2.56. The Morgan fingerprint density at radius 2 is 1.46 bits per heavy atom. The molecule has 0 bridgehead atoms. The summed E-state index contributed by atoms with van der Waals surface area (Å²) in [6.45, 7) is 2.99. The molecule has 1 amide bonds. The zero-order valence-corrected chi connectivity index (χ0v) is 19.1. The van der Waals surface area contributed by atoms with E-state index >= 15 is 0 Å². The van der Waals surface area contributed by atoms with Gasteiger partial charge >= 0.3 is 12.4 Å². The summed E-state index contributed by atoms with van der Waals surface area (Å²) in [5.74, 6) is -1.80. The molecule has 0 spiro atoms. The average molecular weight is 521 g/mol. The van der Waals surface area contributed by atoms with E-state index in [-0.39, 0.29) is 22.6 Å². The molecule has 0 aliphatic heterocycles. The zero-order chi connectivity index (χ0) is 27.1. The lowest BCUT2D eigenvalue weighted by molar-refractivity contribution is -0.137. The Kier molecular flexibility index (Phi) is 6.40. The van der Waals surface area contributed by atoms with Crippen LogP contribution >= 0.6 is 0 Å². The second kappa shape index (κ2) is 9.22. The molecule has 192 valence electrons. The Labute approximate surface area is 205 Å². The van der Waals surface area contributed by atoms with E-state index in [1.165, 1.54) is 26.0 Å².